The van der Waals surface area contributed by atoms with Crippen LogP contribution in [0, 0.1) is 5.92 Å². The molecule has 1 aliphatic rings. The second-order valence-corrected chi connectivity index (χ2v) is 5.99. The van der Waals surface area contributed by atoms with Crippen molar-refractivity contribution in [2.75, 3.05) is 19.7 Å². The second-order valence-electron chi connectivity index (χ2n) is 5.55. The maximum atomic E-state index is 12.2. The van der Waals surface area contributed by atoms with E-state index >= 15 is 0 Å². The summed E-state index contributed by atoms with van der Waals surface area (Å²) in [5.41, 5.74) is 0. The van der Waals surface area contributed by atoms with E-state index < -0.39 is 24.9 Å². The van der Waals surface area contributed by atoms with Crippen LogP contribution in [-0.2, 0) is 9.59 Å². The van der Waals surface area contributed by atoms with Gasteiger partial charge in [-0.05, 0) is 24.3 Å². The fraction of sp³-hybridized carbons (Fsp3) is 0.500. The Morgan fingerprint density at radius 3 is 2.38 bits per heavy atom. The molecule has 1 aliphatic heterocycles. The largest absolute Gasteiger partial charge is 1.00 e. The van der Waals surface area contributed by atoms with E-state index in [4.69, 9.17) is 16.3 Å². The van der Waals surface area contributed by atoms with Gasteiger partial charge >= 0.3 is 51.4 Å². The molecule has 24 heavy (non-hydrogen) atoms. The molecule has 1 heterocycles. The minimum Gasteiger partial charge on any atom is -0.550 e. The van der Waals surface area contributed by atoms with Gasteiger partial charge in [-0.1, -0.05) is 11.6 Å². The van der Waals surface area contributed by atoms with Crippen LogP contribution in [0.1, 0.15) is 19.3 Å². The van der Waals surface area contributed by atoms with Crippen molar-refractivity contribution in [2.45, 2.75) is 25.4 Å². The van der Waals surface area contributed by atoms with Gasteiger partial charge < -0.3 is 24.6 Å². The van der Waals surface area contributed by atoms with E-state index in [2.05, 4.69) is 0 Å². The molecule has 126 valence electrons. The number of carbonyl (C=O) groups excluding carboxylic acids is 2. The van der Waals surface area contributed by atoms with Gasteiger partial charge in [0.1, 0.15) is 11.9 Å². The van der Waals surface area contributed by atoms with Crippen molar-refractivity contribution in [3.05, 3.63) is 29.3 Å². The SMILES string of the molecule is O=C([O-])CC(CO)C(=O)N1CCC(Oc2ccc(Cl)cc2)CC1.[K+]. The molecule has 1 aromatic rings. The first-order valence-corrected chi connectivity index (χ1v) is 7.89. The quantitative estimate of drug-likeness (QED) is 0.550. The minimum absolute atomic E-state index is 0. The van der Waals surface area contributed by atoms with Gasteiger partial charge in [-0.15, -0.1) is 0 Å². The number of carboxylic acids is 1. The Morgan fingerprint density at radius 2 is 1.88 bits per heavy atom. The van der Waals surface area contributed by atoms with Crippen LogP contribution in [0.4, 0.5) is 0 Å². The minimum atomic E-state index is -1.33. The number of piperidine rings is 1. The van der Waals surface area contributed by atoms with Crippen LogP contribution in [0.5, 0.6) is 5.75 Å². The Bertz CT molecular complexity index is 546. The maximum Gasteiger partial charge on any atom is 1.00 e. The average molecular weight is 380 g/mol. The van der Waals surface area contributed by atoms with Crippen molar-refractivity contribution in [3.63, 3.8) is 0 Å². The first-order valence-electron chi connectivity index (χ1n) is 7.51. The number of ether oxygens (including phenoxy) is 1. The summed E-state index contributed by atoms with van der Waals surface area (Å²) in [5.74, 6) is -1.89. The van der Waals surface area contributed by atoms with Gasteiger partial charge in [0, 0.05) is 43.3 Å². The summed E-state index contributed by atoms with van der Waals surface area (Å²) < 4.78 is 5.84. The maximum absolute atomic E-state index is 12.2. The summed E-state index contributed by atoms with van der Waals surface area (Å²) >= 11 is 5.82. The van der Waals surface area contributed by atoms with Crippen LogP contribution < -0.4 is 61.2 Å². The number of amides is 1. The number of nitrogens with zero attached hydrogens (tertiary/aromatic N) is 1. The van der Waals surface area contributed by atoms with Gasteiger partial charge in [0.25, 0.3) is 0 Å². The third-order valence-electron chi connectivity index (χ3n) is 3.85. The number of likely N-dealkylation sites (tertiary alicyclic amines) is 1. The Morgan fingerprint density at radius 1 is 1.29 bits per heavy atom. The van der Waals surface area contributed by atoms with Crippen molar-refractivity contribution >= 4 is 23.5 Å². The number of benzene rings is 1. The Balaban J connectivity index is 0.00000288. The second kappa shape index (κ2) is 10.8. The zero-order valence-electron chi connectivity index (χ0n) is 13.6. The van der Waals surface area contributed by atoms with Gasteiger partial charge in [0.15, 0.2) is 0 Å². The predicted octanol–water partition coefficient (Wildman–Crippen LogP) is -2.54. The number of carboxylic acid groups (broad SMARTS) is 1. The van der Waals surface area contributed by atoms with Gasteiger partial charge in [0.2, 0.25) is 5.91 Å². The van der Waals surface area contributed by atoms with E-state index in [1.165, 1.54) is 0 Å². The van der Waals surface area contributed by atoms with Crippen LogP contribution in [0.15, 0.2) is 24.3 Å². The van der Waals surface area contributed by atoms with Crippen LogP contribution in [0.2, 0.25) is 5.02 Å². The molecule has 1 aromatic carbocycles. The summed E-state index contributed by atoms with van der Waals surface area (Å²) in [6, 6.07) is 7.09. The number of aliphatic carboxylic acids is 1. The first-order chi connectivity index (χ1) is 11.0. The monoisotopic (exact) mass is 379 g/mol. The molecule has 0 aliphatic carbocycles. The molecular formula is C16H19ClKNO5. The zero-order chi connectivity index (χ0) is 16.8. The third-order valence-corrected chi connectivity index (χ3v) is 4.10. The van der Waals surface area contributed by atoms with Crippen LogP contribution in [-0.4, -0.2) is 47.7 Å². The van der Waals surface area contributed by atoms with E-state index in [0.717, 1.165) is 5.75 Å². The molecule has 6 nitrogen and oxygen atoms in total. The summed E-state index contributed by atoms with van der Waals surface area (Å²) in [6.45, 7) is 0.454. The number of hydrogen-bond acceptors (Lipinski definition) is 5. The number of aliphatic hydroxyl groups excluding tert-OH is 1. The average Bonchev–Trinajstić information content (AvgIpc) is 2.54. The molecule has 0 aromatic heterocycles. The van der Waals surface area contributed by atoms with E-state index in [0.29, 0.717) is 31.0 Å². The fourth-order valence-corrected chi connectivity index (χ4v) is 2.71. The molecule has 0 spiro atoms. The van der Waals surface area contributed by atoms with Gasteiger partial charge in [-0.3, -0.25) is 4.79 Å². The third kappa shape index (κ3) is 6.63. The number of hydrogen-bond donors (Lipinski definition) is 1. The molecule has 1 unspecified atom stereocenters. The molecule has 0 radical (unpaired) electrons. The van der Waals surface area contributed by atoms with Crippen LogP contribution in [0.25, 0.3) is 0 Å². The summed E-state index contributed by atoms with van der Waals surface area (Å²) in [7, 11) is 0. The van der Waals surface area contributed by atoms with Crippen molar-refractivity contribution in [3.8, 4) is 5.75 Å². The molecular weight excluding hydrogens is 361 g/mol. The number of carbonyl (C=O) groups is 2. The first kappa shape index (κ1) is 21.9. The molecule has 0 saturated carbocycles. The van der Waals surface area contributed by atoms with Crippen molar-refractivity contribution in [2.24, 2.45) is 5.92 Å². The van der Waals surface area contributed by atoms with Crippen LogP contribution >= 0.6 is 11.6 Å². The van der Waals surface area contributed by atoms with Gasteiger partial charge in [-0.2, -0.15) is 0 Å². The normalized spacial score (nSPS) is 16.2. The molecule has 1 atom stereocenters. The van der Waals surface area contributed by atoms with Gasteiger partial charge in [-0.25, -0.2) is 0 Å². The topological polar surface area (TPSA) is 89.9 Å². The number of rotatable bonds is 6. The van der Waals surface area contributed by atoms with Crippen molar-refractivity contribution in [1.82, 2.24) is 4.90 Å². The van der Waals surface area contributed by atoms with Crippen molar-refractivity contribution < 1.29 is 75.9 Å². The van der Waals surface area contributed by atoms with Gasteiger partial charge in [0.05, 0.1) is 12.5 Å². The Hall–Kier alpha value is -0.154. The molecule has 0 bridgehead atoms. The van der Waals surface area contributed by atoms with Crippen LogP contribution in [0.3, 0.4) is 0 Å². The van der Waals surface area contributed by atoms with E-state index in [-0.39, 0.29) is 63.4 Å². The molecule has 1 N–H and O–H groups in total. The van der Waals surface area contributed by atoms with Crippen molar-refractivity contribution in [1.29, 1.82) is 0 Å². The standard InChI is InChI=1S/C16H20ClNO5.K/c17-12-1-3-13(4-2-12)23-14-5-7-18(8-6-14)16(22)11(10-19)9-15(20)21;/h1-4,11,14,19H,5-10H2,(H,20,21);/q;+1/p-1. The summed E-state index contributed by atoms with van der Waals surface area (Å²) in [6.07, 6.45) is 0.834. The fourth-order valence-electron chi connectivity index (χ4n) is 2.59. The molecule has 1 amide bonds. The summed E-state index contributed by atoms with van der Waals surface area (Å²) in [5, 5.41) is 20.4. The van der Waals surface area contributed by atoms with E-state index in [1.54, 1.807) is 29.2 Å². The van der Waals surface area contributed by atoms with E-state index in [9.17, 15) is 19.8 Å². The summed E-state index contributed by atoms with van der Waals surface area (Å²) in [4.78, 5) is 24.4. The molecule has 8 heteroatoms. The van der Waals surface area contributed by atoms with E-state index in [1.807, 2.05) is 0 Å². The Labute approximate surface area is 188 Å². The predicted molar refractivity (Wildman–Crippen MR) is 81.9 cm³/mol. The zero-order valence-corrected chi connectivity index (χ0v) is 17.5. The molecule has 1 saturated heterocycles. The molecule has 1 fully saturated rings. The smallest absolute Gasteiger partial charge is 0.550 e. The number of aliphatic hydroxyl groups is 1. The number of halogens is 1. The Kier molecular flexibility index (Phi) is 9.81. The molecule has 2 rings (SSSR count).